The third-order valence-corrected chi connectivity index (χ3v) is 3.13. The van der Waals surface area contributed by atoms with Gasteiger partial charge in [0.05, 0.1) is 21.9 Å². The second-order valence-electron chi connectivity index (χ2n) is 4.62. The van der Waals surface area contributed by atoms with Gasteiger partial charge in [-0.05, 0) is 24.3 Å². The average Bonchev–Trinajstić information content (AvgIpc) is 2.54. The van der Waals surface area contributed by atoms with Crippen LogP contribution >= 0.6 is 0 Å². The Hall–Kier alpha value is -3.48. The Kier molecular flexibility index (Phi) is 3.60. The van der Waals surface area contributed by atoms with Gasteiger partial charge in [-0.2, -0.15) is 0 Å². The summed E-state index contributed by atoms with van der Waals surface area (Å²) in [5.41, 5.74) is -0.345. The van der Waals surface area contributed by atoms with Crippen molar-refractivity contribution in [3.05, 3.63) is 80.7 Å². The van der Waals surface area contributed by atoms with E-state index in [9.17, 15) is 19.7 Å². The molecule has 0 radical (unpaired) electrons. The van der Waals surface area contributed by atoms with E-state index in [4.69, 9.17) is 9.15 Å². The van der Waals surface area contributed by atoms with Crippen molar-refractivity contribution in [2.45, 2.75) is 0 Å². The Labute approximate surface area is 128 Å². The molecule has 1 aromatic heterocycles. The molecule has 0 N–H and O–H groups in total. The highest BCUT2D eigenvalue weighted by molar-refractivity contribution is 5.94. The molecule has 0 aliphatic rings. The molecule has 7 heteroatoms. The van der Waals surface area contributed by atoms with Gasteiger partial charge in [-0.1, -0.05) is 12.1 Å². The van der Waals surface area contributed by atoms with Crippen molar-refractivity contribution in [3.63, 3.8) is 0 Å². The van der Waals surface area contributed by atoms with Crippen LogP contribution in [0.2, 0.25) is 0 Å². The Bertz CT molecular complexity index is 958. The van der Waals surface area contributed by atoms with E-state index in [2.05, 4.69) is 0 Å². The molecule has 0 spiro atoms. The molecule has 2 aromatic carbocycles. The molecule has 0 unspecified atom stereocenters. The van der Waals surface area contributed by atoms with E-state index in [1.165, 1.54) is 24.3 Å². The maximum absolute atomic E-state index is 12.1. The van der Waals surface area contributed by atoms with E-state index in [0.717, 1.165) is 6.07 Å². The lowest BCUT2D eigenvalue weighted by Crippen LogP contribution is -2.10. The van der Waals surface area contributed by atoms with Gasteiger partial charge in [-0.3, -0.25) is 10.1 Å². The van der Waals surface area contributed by atoms with Crippen LogP contribution in [0.3, 0.4) is 0 Å². The van der Waals surface area contributed by atoms with Gasteiger partial charge in [-0.15, -0.1) is 0 Å². The van der Waals surface area contributed by atoms with E-state index < -0.39 is 16.5 Å². The molecule has 114 valence electrons. The predicted molar refractivity (Wildman–Crippen MR) is 80.5 cm³/mol. The third-order valence-electron chi connectivity index (χ3n) is 3.13. The Morgan fingerprint density at radius 2 is 1.78 bits per heavy atom. The summed E-state index contributed by atoms with van der Waals surface area (Å²) in [4.78, 5) is 33.7. The van der Waals surface area contributed by atoms with Gasteiger partial charge >= 0.3 is 11.6 Å². The number of ether oxygens (including phenoxy) is 1. The standard InChI is InChI=1S/C16H9NO6/c18-15-9-14(12-3-1-2-4-13(12)22-15)23-16(19)10-5-7-11(8-6-10)17(20)21/h1-9H. The zero-order chi connectivity index (χ0) is 16.4. The zero-order valence-electron chi connectivity index (χ0n) is 11.6. The quantitative estimate of drug-likeness (QED) is 0.319. The number of hydrogen-bond donors (Lipinski definition) is 0. The van der Waals surface area contributed by atoms with Crippen LogP contribution in [0, 0.1) is 10.1 Å². The molecule has 0 amide bonds. The maximum Gasteiger partial charge on any atom is 0.343 e. The topological polar surface area (TPSA) is 99.7 Å². The highest BCUT2D eigenvalue weighted by atomic mass is 16.6. The molecular formula is C16H9NO6. The third kappa shape index (κ3) is 2.93. The lowest BCUT2D eigenvalue weighted by Gasteiger charge is -2.06. The van der Waals surface area contributed by atoms with Crippen molar-refractivity contribution in [3.8, 4) is 5.75 Å². The predicted octanol–water partition coefficient (Wildman–Crippen LogP) is 2.92. The van der Waals surface area contributed by atoms with Crippen LogP contribution in [0.4, 0.5) is 5.69 Å². The van der Waals surface area contributed by atoms with Gasteiger partial charge in [0.15, 0.2) is 0 Å². The van der Waals surface area contributed by atoms with Gasteiger partial charge < -0.3 is 9.15 Å². The van der Waals surface area contributed by atoms with Crippen molar-refractivity contribution in [2.75, 3.05) is 0 Å². The number of esters is 1. The summed E-state index contributed by atoms with van der Waals surface area (Å²) in [6.07, 6.45) is 0. The van der Waals surface area contributed by atoms with Crippen LogP contribution < -0.4 is 10.4 Å². The number of carbonyl (C=O) groups is 1. The van der Waals surface area contributed by atoms with E-state index in [-0.39, 0.29) is 17.0 Å². The zero-order valence-corrected chi connectivity index (χ0v) is 11.6. The van der Waals surface area contributed by atoms with Crippen molar-refractivity contribution in [1.82, 2.24) is 0 Å². The van der Waals surface area contributed by atoms with Crippen molar-refractivity contribution in [2.24, 2.45) is 0 Å². The van der Waals surface area contributed by atoms with Crippen LogP contribution in [-0.2, 0) is 0 Å². The first-order chi connectivity index (χ1) is 11.0. The van der Waals surface area contributed by atoms with Gasteiger partial charge in [0.2, 0.25) is 0 Å². The van der Waals surface area contributed by atoms with Crippen molar-refractivity contribution < 1.29 is 18.9 Å². The number of rotatable bonds is 3. The summed E-state index contributed by atoms with van der Waals surface area (Å²) in [6.45, 7) is 0. The number of hydrogen-bond acceptors (Lipinski definition) is 6. The first kappa shape index (κ1) is 14.5. The fourth-order valence-corrected chi connectivity index (χ4v) is 2.04. The molecule has 0 atom stereocenters. The number of carbonyl (C=O) groups excluding carboxylic acids is 1. The molecule has 0 bridgehead atoms. The summed E-state index contributed by atoms with van der Waals surface area (Å²) in [7, 11) is 0. The highest BCUT2D eigenvalue weighted by Crippen LogP contribution is 2.24. The second kappa shape index (κ2) is 5.72. The minimum atomic E-state index is -0.726. The SMILES string of the molecule is O=C(Oc1cc(=O)oc2ccccc12)c1ccc([N+](=O)[O-])cc1. The molecular weight excluding hydrogens is 302 g/mol. The number of para-hydroxylation sites is 1. The van der Waals surface area contributed by atoms with Gasteiger partial charge in [0.25, 0.3) is 5.69 Å². The number of nitro benzene ring substituents is 1. The molecule has 0 saturated heterocycles. The summed E-state index contributed by atoms with van der Waals surface area (Å²) < 4.78 is 10.2. The fourth-order valence-electron chi connectivity index (χ4n) is 2.04. The molecule has 0 aliphatic carbocycles. The number of benzene rings is 2. The van der Waals surface area contributed by atoms with Crippen LogP contribution in [-0.4, -0.2) is 10.9 Å². The number of fused-ring (bicyclic) bond motifs is 1. The summed E-state index contributed by atoms with van der Waals surface area (Å²) in [5, 5.41) is 11.1. The van der Waals surface area contributed by atoms with Crippen LogP contribution in [0.5, 0.6) is 5.75 Å². The normalized spacial score (nSPS) is 10.4. The van der Waals surface area contributed by atoms with Gasteiger partial charge in [0, 0.05) is 12.1 Å². The van der Waals surface area contributed by atoms with Gasteiger partial charge in [0.1, 0.15) is 11.3 Å². The first-order valence-corrected chi connectivity index (χ1v) is 6.54. The Balaban J connectivity index is 1.94. The lowest BCUT2D eigenvalue weighted by atomic mass is 10.2. The van der Waals surface area contributed by atoms with E-state index >= 15 is 0 Å². The summed E-state index contributed by atoms with van der Waals surface area (Å²) in [6, 6.07) is 12.7. The van der Waals surface area contributed by atoms with Crippen molar-refractivity contribution >= 4 is 22.6 Å². The molecule has 3 aromatic rings. The average molecular weight is 311 g/mol. The van der Waals surface area contributed by atoms with Crippen LogP contribution in [0.1, 0.15) is 10.4 Å². The molecule has 7 nitrogen and oxygen atoms in total. The van der Waals surface area contributed by atoms with Crippen LogP contribution in [0.15, 0.2) is 63.8 Å². The van der Waals surface area contributed by atoms with Crippen molar-refractivity contribution in [1.29, 1.82) is 0 Å². The number of nitro groups is 1. The molecule has 0 aliphatic heterocycles. The number of non-ortho nitro benzene ring substituents is 1. The summed E-state index contributed by atoms with van der Waals surface area (Å²) in [5.74, 6) is -0.657. The Morgan fingerprint density at radius 1 is 1.09 bits per heavy atom. The monoisotopic (exact) mass is 311 g/mol. The highest BCUT2D eigenvalue weighted by Gasteiger charge is 2.14. The molecule has 0 saturated carbocycles. The summed E-state index contributed by atoms with van der Waals surface area (Å²) >= 11 is 0. The van der Waals surface area contributed by atoms with E-state index in [1.54, 1.807) is 24.3 Å². The first-order valence-electron chi connectivity index (χ1n) is 6.54. The Morgan fingerprint density at radius 3 is 2.48 bits per heavy atom. The van der Waals surface area contributed by atoms with Crippen LogP contribution in [0.25, 0.3) is 11.0 Å². The largest absolute Gasteiger partial charge is 0.422 e. The molecule has 0 fully saturated rings. The minimum absolute atomic E-state index is 0.0696. The fraction of sp³-hybridized carbons (Fsp3) is 0. The lowest BCUT2D eigenvalue weighted by molar-refractivity contribution is -0.384. The smallest absolute Gasteiger partial charge is 0.343 e. The molecule has 1 heterocycles. The maximum atomic E-state index is 12.1. The van der Waals surface area contributed by atoms with E-state index in [0.29, 0.717) is 11.0 Å². The van der Waals surface area contributed by atoms with Gasteiger partial charge in [-0.25, -0.2) is 9.59 Å². The molecule has 3 rings (SSSR count). The minimum Gasteiger partial charge on any atom is -0.422 e. The van der Waals surface area contributed by atoms with E-state index in [1.807, 2.05) is 0 Å². The molecule has 23 heavy (non-hydrogen) atoms. The number of nitrogens with zero attached hydrogens (tertiary/aromatic N) is 1. The second-order valence-corrected chi connectivity index (χ2v) is 4.62.